The van der Waals surface area contributed by atoms with Crippen LogP contribution in [0.1, 0.15) is 50.0 Å². The van der Waals surface area contributed by atoms with Crippen molar-refractivity contribution in [2.45, 2.75) is 58.2 Å². The highest BCUT2D eigenvalue weighted by molar-refractivity contribution is 6.39. The molecule has 11 heteroatoms. The van der Waals surface area contributed by atoms with E-state index in [1.54, 1.807) is 21.2 Å². The minimum Gasteiger partial charge on any atom is -0.488 e. The average Bonchev–Trinajstić information content (AvgIpc) is 3.16. The van der Waals surface area contributed by atoms with Gasteiger partial charge < -0.3 is 33.9 Å². The maximum atomic E-state index is 14.2. The molecule has 3 rings (SSSR count). The number of nitrogens with zero attached hydrogens (tertiary/aromatic N) is 3. The van der Waals surface area contributed by atoms with Gasteiger partial charge in [0, 0.05) is 58.4 Å². The summed E-state index contributed by atoms with van der Waals surface area (Å²) in [6.07, 6.45) is 3.24. The zero-order valence-corrected chi connectivity index (χ0v) is 24.7. The Labute approximate surface area is 237 Å². The third-order valence-electron chi connectivity index (χ3n) is 6.55. The number of amides is 2. The molecule has 1 aromatic carbocycles. The fraction of sp³-hybridized carbons (Fsp3) is 0.630. The van der Waals surface area contributed by atoms with Crippen LogP contribution in [0.3, 0.4) is 0 Å². The summed E-state index contributed by atoms with van der Waals surface area (Å²) >= 11 is 6.96. The second-order valence-electron chi connectivity index (χ2n) is 9.83. The van der Waals surface area contributed by atoms with Crippen molar-refractivity contribution in [1.82, 2.24) is 19.7 Å². The van der Waals surface area contributed by atoms with Gasteiger partial charge in [-0.05, 0) is 52.1 Å². The van der Waals surface area contributed by atoms with E-state index in [9.17, 15) is 9.59 Å². The van der Waals surface area contributed by atoms with Gasteiger partial charge in [-0.3, -0.25) is 4.79 Å². The molecule has 38 heavy (non-hydrogen) atoms. The first-order valence-electron chi connectivity index (χ1n) is 13.1. The van der Waals surface area contributed by atoms with E-state index in [-0.39, 0.29) is 43.6 Å². The van der Waals surface area contributed by atoms with Crippen LogP contribution in [0, 0.1) is 0 Å². The number of carbonyl (C=O) groups excluding carboxylic acids is 2. The largest absolute Gasteiger partial charge is 0.488 e. The minimum absolute atomic E-state index is 0. The lowest BCUT2D eigenvalue weighted by Gasteiger charge is -2.38. The molecule has 0 spiro atoms. The van der Waals surface area contributed by atoms with E-state index in [2.05, 4.69) is 19.2 Å². The van der Waals surface area contributed by atoms with Gasteiger partial charge in [0.15, 0.2) is 0 Å². The summed E-state index contributed by atoms with van der Waals surface area (Å²) < 4.78 is 18.5. The number of carbonyl (C=O) groups is 2. The number of nitrogens with one attached hydrogen (secondary N) is 1. The summed E-state index contributed by atoms with van der Waals surface area (Å²) in [4.78, 5) is 29.2. The smallest absolute Gasteiger partial charge is 0.409 e. The molecule has 0 unspecified atom stereocenters. The summed E-state index contributed by atoms with van der Waals surface area (Å²) in [7, 11) is 4.94. The molecule has 0 bridgehead atoms. The van der Waals surface area contributed by atoms with Crippen molar-refractivity contribution in [3.63, 3.8) is 0 Å². The Kier molecular flexibility index (Phi) is 13.0. The molecule has 1 aromatic heterocycles. The predicted octanol–water partition coefficient (Wildman–Crippen LogP) is 4.82. The molecule has 1 saturated heterocycles. The van der Waals surface area contributed by atoms with Gasteiger partial charge in [0.05, 0.1) is 10.5 Å². The Bertz CT molecular complexity index is 1050. The van der Waals surface area contributed by atoms with E-state index >= 15 is 0 Å². The van der Waals surface area contributed by atoms with Crippen molar-refractivity contribution in [3.8, 4) is 5.75 Å². The number of benzene rings is 1. The van der Waals surface area contributed by atoms with Gasteiger partial charge in [-0.15, -0.1) is 12.4 Å². The highest BCUT2D eigenvalue weighted by Crippen LogP contribution is 2.38. The lowest BCUT2D eigenvalue weighted by molar-refractivity contribution is 0.0562. The van der Waals surface area contributed by atoms with Crippen molar-refractivity contribution in [1.29, 1.82) is 0 Å². The van der Waals surface area contributed by atoms with Gasteiger partial charge >= 0.3 is 6.09 Å². The molecule has 1 aliphatic rings. The Balaban J connectivity index is 0.00000507. The van der Waals surface area contributed by atoms with Crippen LogP contribution >= 0.6 is 24.0 Å². The van der Waals surface area contributed by atoms with Crippen molar-refractivity contribution >= 4 is 46.9 Å². The van der Waals surface area contributed by atoms with Gasteiger partial charge in [-0.2, -0.15) is 0 Å². The van der Waals surface area contributed by atoms with E-state index in [1.807, 2.05) is 27.7 Å². The molecule has 2 aromatic rings. The monoisotopic (exact) mass is 572 g/mol. The number of ether oxygens (including phenoxy) is 3. The number of methoxy groups -OCH3 is 1. The maximum Gasteiger partial charge on any atom is 0.409 e. The third kappa shape index (κ3) is 7.68. The summed E-state index contributed by atoms with van der Waals surface area (Å²) in [5.74, 6) is 0.532. The van der Waals surface area contributed by atoms with Gasteiger partial charge in [0.1, 0.15) is 24.7 Å². The molecule has 1 aliphatic heterocycles. The maximum absolute atomic E-state index is 14.2. The van der Waals surface area contributed by atoms with Crippen molar-refractivity contribution < 1.29 is 23.8 Å². The zero-order chi connectivity index (χ0) is 26.9. The van der Waals surface area contributed by atoms with Crippen LogP contribution in [0.25, 0.3) is 10.9 Å². The van der Waals surface area contributed by atoms with Crippen molar-refractivity contribution in [2.75, 3.05) is 54.1 Å². The van der Waals surface area contributed by atoms with Crippen LogP contribution in [-0.4, -0.2) is 92.6 Å². The fourth-order valence-electron chi connectivity index (χ4n) is 4.83. The molecular formula is C27H42Cl2N4O5. The molecule has 1 atom stereocenters. The zero-order valence-electron chi connectivity index (χ0n) is 23.1. The molecular weight excluding hydrogens is 531 g/mol. The molecule has 1 fully saturated rings. The number of hydrogen-bond acceptors (Lipinski definition) is 6. The number of piperidine rings is 1. The van der Waals surface area contributed by atoms with Gasteiger partial charge in [-0.25, -0.2) is 4.79 Å². The quantitative estimate of drug-likeness (QED) is 0.367. The predicted molar refractivity (Wildman–Crippen MR) is 153 cm³/mol. The molecule has 214 valence electrons. The lowest BCUT2D eigenvalue weighted by Crippen LogP contribution is -2.52. The fourth-order valence-corrected chi connectivity index (χ4v) is 5.16. The first-order chi connectivity index (χ1) is 17.8. The Morgan fingerprint density at radius 1 is 1.18 bits per heavy atom. The van der Waals surface area contributed by atoms with Crippen molar-refractivity contribution in [2.24, 2.45) is 0 Å². The van der Waals surface area contributed by atoms with E-state index < -0.39 is 6.09 Å². The van der Waals surface area contributed by atoms with Crippen LogP contribution in [0.4, 0.5) is 4.79 Å². The molecule has 9 nitrogen and oxygen atoms in total. The number of aryl methyl sites for hydroxylation is 1. The summed E-state index contributed by atoms with van der Waals surface area (Å²) in [5, 5.41) is 4.63. The molecule has 0 saturated carbocycles. The van der Waals surface area contributed by atoms with E-state index in [4.69, 9.17) is 25.8 Å². The van der Waals surface area contributed by atoms with Crippen LogP contribution < -0.4 is 10.1 Å². The van der Waals surface area contributed by atoms with Crippen LogP contribution in [0.2, 0.25) is 5.02 Å². The summed E-state index contributed by atoms with van der Waals surface area (Å²) in [6, 6.07) is 5.78. The van der Waals surface area contributed by atoms with Gasteiger partial charge in [0.25, 0.3) is 5.91 Å². The first-order valence-corrected chi connectivity index (χ1v) is 13.5. The standard InChI is InChI=1S/C27H41ClN4O5.ClH/c1-19(2)32(20-10-9-13-29-18-20)26(33)25-23(28)21-11-8-12-22(36-16-17-37-27(34)30(3)4)24(21)31(25)14-6-7-15-35-5;/h8,11-12,19-20,29H,6-7,9-10,13-18H2,1-5H3;1H/t20-;/m1./s1. The first kappa shape index (κ1) is 32.0. The Morgan fingerprint density at radius 2 is 1.95 bits per heavy atom. The topological polar surface area (TPSA) is 85.3 Å². The van der Waals surface area contributed by atoms with Crippen LogP contribution in [0.15, 0.2) is 18.2 Å². The van der Waals surface area contributed by atoms with E-state index in [0.29, 0.717) is 29.6 Å². The number of fused-ring (bicyclic) bond motifs is 1. The van der Waals surface area contributed by atoms with Crippen LogP contribution in [0.5, 0.6) is 5.75 Å². The highest BCUT2D eigenvalue weighted by Gasteiger charge is 2.33. The molecule has 2 heterocycles. The molecule has 0 radical (unpaired) electrons. The van der Waals surface area contributed by atoms with Crippen LogP contribution in [-0.2, 0) is 16.0 Å². The number of aromatic nitrogens is 1. The minimum atomic E-state index is -0.426. The van der Waals surface area contributed by atoms with Crippen molar-refractivity contribution in [3.05, 3.63) is 28.9 Å². The third-order valence-corrected chi connectivity index (χ3v) is 6.94. The number of para-hydroxylation sites is 1. The molecule has 0 aliphatic carbocycles. The number of unbranched alkanes of at least 4 members (excludes halogenated alkanes) is 1. The van der Waals surface area contributed by atoms with Gasteiger partial charge in [-0.1, -0.05) is 23.7 Å². The average molecular weight is 574 g/mol. The SMILES string of the molecule is COCCCCn1c(C(=O)N(C(C)C)[C@@H]2CCCNC2)c(Cl)c2cccc(OCCOC(=O)N(C)C)c21.Cl. The second-order valence-corrected chi connectivity index (χ2v) is 10.2. The van der Waals surface area contributed by atoms with E-state index in [0.717, 1.165) is 49.7 Å². The highest BCUT2D eigenvalue weighted by atomic mass is 35.5. The summed E-state index contributed by atoms with van der Waals surface area (Å²) in [5.41, 5.74) is 1.26. The summed E-state index contributed by atoms with van der Waals surface area (Å²) in [6.45, 7) is 7.38. The molecule has 1 N–H and O–H groups in total. The molecule has 2 amide bonds. The number of rotatable bonds is 12. The Morgan fingerprint density at radius 3 is 2.58 bits per heavy atom. The lowest BCUT2D eigenvalue weighted by atomic mass is 10.0. The number of halogens is 2. The second kappa shape index (κ2) is 15.4. The van der Waals surface area contributed by atoms with E-state index in [1.165, 1.54) is 4.90 Å². The Hall–Kier alpha value is -2.20. The van der Waals surface area contributed by atoms with Gasteiger partial charge in [0.2, 0.25) is 0 Å². The normalized spacial score (nSPS) is 15.3. The number of hydrogen-bond donors (Lipinski definition) is 1.